The van der Waals surface area contributed by atoms with Gasteiger partial charge in [0.05, 0.1) is 28.8 Å². The van der Waals surface area contributed by atoms with E-state index in [4.69, 9.17) is 16.3 Å². The van der Waals surface area contributed by atoms with E-state index in [0.717, 1.165) is 37.7 Å². The van der Waals surface area contributed by atoms with Gasteiger partial charge in [0.2, 0.25) is 0 Å². The number of nitrogens with one attached hydrogen (secondary N) is 1. The van der Waals surface area contributed by atoms with Crippen LogP contribution >= 0.6 is 11.6 Å². The number of benzene rings is 1. The predicted octanol–water partition coefficient (Wildman–Crippen LogP) is 3.09. The monoisotopic (exact) mass is 348 g/mol. The van der Waals surface area contributed by atoms with Crippen LogP contribution in [0.1, 0.15) is 5.56 Å². The molecule has 126 valence electrons. The topological polar surface area (TPSA) is 80.5 Å². The van der Waals surface area contributed by atoms with Gasteiger partial charge in [-0.25, -0.2) is 4.98 Å². The number of hydrogen-bond donors (Lipinski definition) is 1. The average Bonchev–Trinajstić information content (AvgIpc) is 2.62. The first-order valence-electron chi connectivity index (χ1n) is 7.59. The molecule has 1 aliphatic heterocycles. The Hall–Kier alpha value is -2.38. The molecule has 0 unspecified atom stereocenters. The number of nitro groups is 1. The van der Waals surface area contributed by atoms with E-state index in [1.54, 1.807) is 6.07 Å². The summed E-state index contributed by atoms with van der Waals surface area (Å²) in [5.41, 5.74) is 1.63. The predicted molar refractivity (Wildman–Crippen MR) is 92.7 cm³/mol. The molecule has 1 fully saturated rings. The Morgan fingerprint density at radius 1 is 1.29 bits per heavy atom. The lowest BCUT2D eigenvalue weighted by Crippen LogP contribution is -2.36. The smallest absolute Gasteiger partial charge is 0.271 e. The number of morpholine rings is 1. The molecule has 2 heterocycles. The standard InChI is InChI=1S/C16H17ClN4O3/c17-14-9-13(21(22)23)2-3-15(14)18-10-12-1-4-16(19-11-12)20-5-7-24-8-6-20/h1-4,9,11,18H,5-8,10H2. The third-order valence-corrected chi connectivity index (χ3v) is 4.10. The van der Waals surface area contributed by atoms with Crippen molar-refractivity contribution in [3.63, 3.8) is 0 Å². The zero-order chi connectivity index (χ0) is 16.9. The number of halogens is 1. The van der Waals surface area contributed by atoms with Gasteiger partial charge in [-0.1, -0.05) is 17.7 Å². The normalized spacial score (nSPS) is 14.5. The van der Waals surface area contributed by atoms with E-state index in [-0.39, 0.29) is 5.69 Å². The number of nitrogens with zero attached hydrogens (tertiary/aromatic N) is 3. The highest BCUT2D eigenvalue weighted by Gasteiger charge is 2.12. The molecule has 1 aliphatic rings. The molecular weight excluding hydrogens is 332 g/mol. The fraction of sp³-hybridized carbons (Fsp3) is 0.312. The van der Waals surface area contributed by atoms with Gasteiger partial charge in [-0.05, 0) is 17.7 Å². The second kappa shape index (κ2) is 7.46. The van der Waals surface area contributed by atoms with E-state index in [1.165, 1.54) is 12.1 Å². The maximum Gasteiger partial charge on any atom is 0.271 e. The van der Waals surface area contributed by atoms with Crippen LogP contribution in [-0.4, -0.2) is 36.2 Å². The molecular formula is C16H17ClN4O3. The van der Waals surface area contributed by atoms with Gasteiger partial charge in [0.15, 0.2) is 0 Å². The lowest BCUT2D eigenvalue weighted by atomic mass is 10.2. The zero-order valence-corrected chi connectivity index (χ0v) is 13.7. The summed E-state index contributed by atoms with van der Waals surface area (Å²) in [6, 6.07) is 8.36. The van der Waals surface area contributed by atoms with Crippen LogP contribution in [0.15, 0.2) is 36.5 Å². The van der Waals surface area contributed by atoms with Crippen molar-refractivity contribution in [2.45, 2.75) is 6.54 Å². The van der Waals surface area contributed by atoms with Crippen LogP contribution in [0.3, 0.4) is 0 Å². The van der Waals surface area contributed by atoms with Gasteiger partial charge < -0.3 is 15.0 Å². The summed E-state index contributed by atoms with van der Waals surface area (Å²) in [7, 11) is 0. The molecule has 0 radical (unpaired) electrons. The summed E-state index contributed by atoms with van der Waals surface area (Å²) in [6.45, 7) is 3.69. The summed E-state index contributed by atoms with van der Waals surface area (Å²) in [4.78, 5) is 16.9. The van der Waals surface area contributed by atoms with Crippen molar-refractivity contribution >= 4 is 28.8 Å². The number of anilines is 2. The number of ether oxygens (including phenoxy) is 1. The number of hydrogen-bond acceptors (Lipinski definition) is 6. The molecule has 7 nitrogen and oxygen atoms in total. The molecule has 0 aliphatic carbocycles. The van der Waals surface area contributed by atoms with E-state index < -0.39 is 4.92 Å². The largest absolute Gasteiger partial charge is 0.380 e. The van der Waals surface area contributed by atoms with Crippen molar-refractivity contribution < 1.29 is 9.66 Å². The first-order chi connectivity index (χ1) is 11.6. The van der Waals surface area contributed by atoms with Gasteiger partial charge in [0.1, 0.15) is 5.82 Å². The lowest BCUT2D eigenvalue weighted by molar-refractivity contribution is -0.384. The molecule has 0 spiro atoms. The van der Waals surface area contributed by atoms with Gasteiger partial charge >= 0.3 is 0 Å². The summed E-state index contributed by atoms with van der Waals surface area (Å²) < 4.78 is 5.33. The molecule has 0 saturated carbocycles. The van der Waals surface area contributed by atoms with Gasteiger partial charge in [-0.15, -0.1) is 0 Å². The molecule has 1 saturated heterocycles. The highest BCUT2D eigenvalue weighted by Crippen LogP contribution is 2.27. The Labute approximate surface area is 144 Å². The fourth-order valence-corrected chi connectivity index (χ4v) is 2.70. The van der Waals surface area contributed by atoms with Crippen molar-refractivity contribution in [3.8, 4) is 0 Å². The molecule has 1 aromatic carbocycles. The third-order valence-electron chi connectivity index (χ3n) is 3.79. The Morgan fingerprint density at radius 2 is 2.08 bits per heavy atom. The quantitative estimate of drug-likeness (QED) is 0.660. The van der Waals surface area contributed by atoms with Crippen molar-refractivity contribution in [1.82, 2.24) is 4.98 Å². The number of aromatic nitrogens is 1. The summed E-state index contributed by atoms with van der Waals surface area (Å²) >= 11 is 6.07. The van der Waals surface area contributed by atoms with Crippen LogP contribution in [0.25, 0.3) is 0 Å². The van der Waals surface area contributed by atoms with Crippen molar-refractivity contribution in [2.75, 3.05) is 36.5 Å². The van der Waals surface area contributed by atoms with Gasteiger partial charge in [0, 0.05) is 38.0 Å². The van der Waals surface area contributed by atoms with E-state index in [9.17, 15) is 10.1 Å². The average molecular weight is 349 g/mol. The highest BCUT2D eigenvalue weighted by atomic mass is 35.5. The SMILES string of the molecule is O=[N+]([O-])c1ccc(NCc2ccc(N3CCOCC3)nc2)c(Cl)c1. The second-order valence-corrected chi connectivity index (χ2v) is 5.81. The van der Waals surface area contributed by atoms with E-state index in [2.05, 4.69) is 15.2 Å². The lowest BCUT2D eigenvalue weighted by Gasteiger charge is -2.27. The minimum Gasteiger partial charge on any atom is -0.380 e. The Kier molecular flexibility index (Phi) is 5.12. The summed E-state index contributed by atoms with van der Waals surface area (Å²) in [5.74, 6) is 0.940. The number of pyridine rings is 1. The summed E-state index contributed by atoms with van der Waals surface area (Å²) in [5, 5.41) is 14.2. The molecule has 2 aromatic rings. The Bertz CT molecular complexity index is 718. The Morgan fingerprint density at radius 3 is 2.71 bits per heavy atom. The molecule has 1 N–H and O–H groups in total. The maximum atomic E-state index is 10.7. The van der Waals surface area contributed by atoms with Crippen LogP contribution in [-0.2, 0) is 11.3 Å². The molecule has 0 atom stereocenters. The minimum atomic E-state index is -0.468. The van der Waals surface area contributed by atoms with E-state index >= 15 is 0 Å². The molecule has 0 bridgehead atoms. The first kappa shape index (κ1) is 16.5. The zero-order valence-electron chi connectivity index (χ0n) is 12.9. The van der Waals surface area contributed by atoms with Crippen molar-refractivity contribution in [1.29, 1.82) is 0 Å². The van der Waals surface area contributed by atoms with Gasteiger partial charge in [-0.2, -0.15) is 0 Å². The molecule has 3 rings (SSSR count). The minimum absolute atomic E-state index is 0.0259. The molecule has 0 amide bonds. The maximum absolute atomic E-state index is 10.7. The van der Waals surface area contributed by atoms with Crippen molar-refractivity contribution in [2.24, 2.45) is 0 Å². The highest BCUT2D eigenvalue weighted by molar-refractivity contribution is 6.33. The molecule has 24 heavy (non-hydrogen) atoms. The van der Waals surface area contributed by atoms with E-state index in [1.807, 2.05) is 18.3 Å². The van der Waals surface area contributed by atoms with Crippen LogP contribution in [0.2, 0.25) is 5.02 Å². The van der Waals surface area contributed by atoms with Crippen molar-refractivity contribution in [3.05, 3.63) is 57.2 Å². The number of rotatable bonds is 5. The number of nitro benzene ring substituents is 1. The molecule has 1 aromatic heterocycles. The van der Waals surface area contributed by atoms with Gasteiger partial charge in [-0.3, -0.25) is 10.1 Å². The van der Waals surface area contributed by atoms with E-state index in [0.29, 0.717) is 17.3 Å². The van der Waals surface area contributed by atoms with Crippen LogP contribution in [0, 0.1) is 10.1 Å². The van der Waals surface area contributed by atoms with Crippen LogP contribution in [0.5, 0.6) is 0 Å². The van der Waals surface area contributed by atoms with Crippen LogP contribution in [0.4, 0.5) is 17.2 Å². The van der Waals surface area contributed by atoms with Gasteiger partial charge in [0.25, 0.3) is 5.69 Å². The Balaban J connectivity index is 1.61. The second-order valence-electron chi connectivity index (χ2n) is 5.40. The number of non-ortho nitro benzene ring substituents is 1. The van der Waals surface area contributed by atoms with Crippen LogP contribution < -0.4 is 10.2 Å². The molecule has 8 heteroatoms. The summed E-state index contributed by atoms with van der Waals surface area (Å²) in [6.07, 6.45) is 1.82. The third kappa shape index (κ3) is 3.93. The fourth-order valence-electron chi connectivity index (χ4n) is 2.46. The first-order valence-corrected chi connectivity index (χ1v) is 7.97.